The molecule has 0 saturated carbocycles. The van der Waals surface area contributed by atoms with Gasteiger partial charge in [0.05, 0.1) is 7.11 Å². The summed E-state index contributed by atoms with van der Waals surface area (Å²) in [6, 6.07) is 8.96. The van der Waals surface area contributed by atoms with Gasteiger partial charge in [-0.1, -0.05) is 0 Å². The molecule has 1 amide bonds. The quantitative estimate of drug-likeness (QED) is 0.801. The molecule has 0 spiro atoms. The summed E-state index contributed by atoms with van der Waals surface area (Å²) in [4.78, 5) is 15.2. The Balaban J connectivity index is 1.91. The van der Waals surface area contributed by atoms with Gasteiger partial charge in [0.15, 0.2) is 5.65 Å². The highest BCUT2D eigenvalue weighted by molar-refractivity contribution is 5.88. The van der Waals surface area contributed by atoms with Crippen molar-refractivity contribution in [3.05, 3.63) is 42.2 Å². The maximum atomic E-state index is 11.1. The molecule has 3 rings (SSSR count). The van der Waals surface area contributed by atoms with Crippen molar-refractivity contribution in [3.63, 3.8) is 0 Å². The Morgan fingerprint density at radius 3 is 2.78 bits per heavy atom. The molecule has 0 aliphatic carbocycles. The number of benzene rings is 1. The summed E-state index contributed by atoms with van der Waals surface area (Å²) in [6.45, 7) is 3.38. The summed E-state index contributed by atoms with van der Waals surface area (Å²) in [6.07, 6.45) is 1.45. The van der Waals surface area contributed by atoms with Gasteiger partial charge in [-0.05, 0) is 30.7 Å². The monoisotopic (exact) mass is 312 g/mol. The van der Waals surface area contributed by atoms with Crippen LogP contribution in [0, 0.1) is 6.92 Å². The van der Waals surface area contributed by atoms with E-state index in [9.17, 15) is 4.79 Å². The molecule has 0 aliphatic rings. The zero-order valence-electron chi connectivity index (χ0n) is 13.0. The van der Waals surface area contributed by atoms with Crippen molar-refractivity contribution in [1.82, 2.24) is 14.6 Å². The maximum Gasteiger partial charge on any atom is 0.221 e. The van der Waals surface area contributed by atoms with Gasteiger partial charge in [0, 0.05) is 24.7 Å². The maximum absolute atomic E-state index is 11.1. The second kappa shape index (κ2) is 5.96. The number of aryl methyl sites for hydroxylation is 1. The summed E-state index contributed by atoms with van der Waals surface area (Å²) in [7, 11) is 1.56. The van der Waals surface area contributed by atoms with Crippen LogP contribution in [0.1, 0.15) is 12.5 Å². The van der Waals surface area contributed by atoms with Gasteiger partial charge in [0.1, 0.15) is 17.8 Å². The Morgan fingerprint density at radius 2 is 2.09 bits per heavy atom. The number of amides is 1. The van der Waals surface area contributed by atoms with Crippen LogP contribution in [0.2, 0.25) is 0 Å². The molecule has 1 aromatic carbocycles. The Morgan fingerprint density at radius 1 is 1.26 bits per heavy atom. The molecular formula is C16H16N4O3. The van der Waals surface area contributed by atoms with Gasteiger partial charge < -0.3 is 14.8 Å². The third-order valence-electron chi connectivity index (χ3n) is 3.25. The smallest absolute Gasteiger partial charge is 0.221 e. The Bertz CT molecular complexity index is 873. The van der Waals surface area contributed by atoms with E-state index in [0.29, 0.717) is 23.0 Å². The largest absolute Gasteiger partial charge is 0.481 e. The van der Waals surface area contributed by atoms with Crippen molar-refractivity contribution in [2.75, 3.05) is 12.4 Å². The molecule has 0 aliphatic heterocycles. The molecule has 0 atom stereocenters. The van der Waals surface area contributed by atoms with Crippen LogP contribution in [-0.2, 0) is 4.79 Å². The van der Waals surface area contributed by atoms with Crippen LogP contribution in [0.4, 0.5) is 5.69 Å². The fourth-order valence-corrected chi connectivity index (χ4v) is 2.25. The first-order chi connectivity index (χ1) is 11.1. The van der Waals surface area contributed by atoms with Gasteiger partial charge in [-0.15, -0.1) is 0 Å². The number of carbonyl (C=O) groups is 1. The minimum absolute atomic E-state index is 0.111. The number of anilines is 1. The fourth-order valence-electron chi connectivity index (χ4n) is 2.25. The van der Waals surface area contributed by atoms with Gasteiger partial charge in [-0.2, -0.15) is 9.61 Å². The second-order valence-electron chi connectivity index (χ2n) is 5.03. The summed E-state index contributed by atoms with van der Waals surface area (Å²) in [5, 5.41) is 6.82. The number of fused-ring (bicyclic) bond motifs is 1. The van der Waals surface area contributed by atoms with Gasteiger partial charge in [0.2, 0.25) is 11.8 Å². The van der Waals surface area contributed by atoms with E-state index < -0.39 is 0 Å². The van der Waals surface area contributed by atoms with Crippen LogP contribution < -0.4 is 14.8 Å². The van der Waals surface area contributed by atoms with Gasteiger partial charge in [-0.3, -0.25) is 4.79 Å². The standard InChI is InChI=1S/C16H16N4O3/c1-10-6-12(19-11(2)21)4-5-14(10)23-13-7-15-17-9-18-20(15)16(8-13)22-3/h4-9H,1-3H3,(H,19,21). The van der Waals surface area contributed by atoms with Gasteiger partial charge >= 0.3 is 0 Å². The predicted molar refractivity (Wildman–Crippen MR) is 85.1 cm³/mol. The van der Waals surface area contributed by atoms with Crippen LogP contribution >= 0.6 is 0 Å². The molecule has 1 N–H and O–H groups in total. The highest BCUT2D eigenvalue weighted by Crippen LogP contribution is 2.30. The van der Waals surface area contributed by atoms with Crippen LogP contribution in [0.3, 0.4) is 0 Å². The number of nitrogens with one attached hydrogen (secondary N) is 1. The molecule has 0 radical (unpaired) electrons. The zero-order valence-corrected chi connectivity index (χ0v) is 13.0. The molecule has 3 aromatic rings. The molecule has 2 heterocycles. The van der Waals surface area contributed by atoms with Crippen molar-refractivity contribution >= 4 is 17.2 Å². The minimum atomic E-state index is -0.111. The number of rotatable bonds is 4. The van der Waals surface area contributed by atoms with Crippen LogP contribution in [0.15, 0.2) is 36.7 Å². The number of nitrogens with zero attached hydrogens (tertiary/aromatic N) is 3. The third-order valence-corrected chi connectivity index (χ3v) is 3.25. The number of pyridine rings is 1. The normalized spacial score (nSPS) is 10.6. The fraction of sp³-hybridized carbons (Fsp3) is 0.188. The first-order valence-electron chi connectivity index (χ1n) is 7.00. The van der Waals surface area contributed by atoms with Crippen LogP contribution in [0.25, 0.3) is 5.65 Å². The van der Waals surface area contributed by atoms with Crippen molar-refractivity contribution in [2.24, 2.45) is 0 Å². The van der Waals surface area contributed by atoms with E-state index in [1.54, 1.807) is 35.9 Å². The van der Waals surface area contributed by atoms with Crippen LogP contribution in [-0.4, -0.2) is 27.6 Å². The number of hydrogen-bond acceptors (Lipinski definition) is 5. The molecule has 7 heteroatoms. The van der Waals surface area contributed by atoms with E-state index in [4.69, 9.17) is 9.47 Å². The van der Waals surface area contributed by atoms with E-state index in [0.717, 1.165) is 11.3 Å². The first-order valence-corrected chi connectivity index (χ1v) is 7.00. The lowest BCUT2D eigenvalue weighted by atomic mass is 10.2. The SMILES string of the molecule is COc1cc(Oc2ccc(NC(C)=O)cc2C)cc2ncnn12. The molecule has 0 bridgehead atoms. The lowest BCUT2D eigenvalue weighted by molar-refractivity contribution is -0.114. The van der Waals surface area contributed by atoms with E-state index >= 15 is 0 Å². The lowest BCUT2D eigenvalue weighted by Gasteiger charge is -2.12. The van der Waals surface area contributed by atoms with Crippen molar-refractivity contribution in [3.8, 4) is 17.4 Å². The summed E-state index contributed by atoms with van der Waals surface area (Å²) >= 11 is 0. The molecule has 7 nitrogen and oxygen atoms in total. The zero-order chi connectivity index (χ0) is 16.4. The molecule has 0 fully saturated rings. The Kier molecular flexibility index (Phi) is 3.84. The average molecular weight is 312 g/mol. The van der Waals surface area contributed by atoms with E-state index in [1.165, 1.54) is 13.3 Å². The van der Waals surface area contributed by atoms with Gasteiger partial charge in [0.25, 0.3) is 0 Å². The predicted octanol–water partition coefficient (Wildman–Crippen LogP) is 2.80. The topological polar surface area (TPSA) is 77.8 Å². The lowest BCUT2D eigenvalue weighted by Crippen LogP contribution is -2.05. The summed E-state index contributed by atoms with van der Waals surface area (Å²) < 4.78 is 12.8. The number of carbonyl (C=O) groups excluding carboxylic acids is 1. The highest BCUT2D eigenvalue weighted by Gasteiger charge is 2.09. The van der Waals surface area contributed by atoms with E-state index in [1.807, 2.05) is 13.0 Å². The summed E-state index contributed by atoms with van der Waals surface area (Å²) in [5.74, 6) is 1.70. The molecule has 118 valence electrons. The minimum Gasteiger partial charge on any atom is -0.481 e. The highest BCUT2D eigenvalue weighted by atomic mass is 16.5. The third kappa shape index (κ3) is 3.08. The second-order valence-corrected chi connectivity index (χ2v) is 5.03. The number of aromatic nitrogens is 3. The summed E-state index contributed by atoms with van der Waals surface area (Å²) in [5.41, 5.74) is 2.26. The molecule has 23 heavy (non-hydrogen) atoms. The Labute approximate surface area is 132 Å². The molecule has 0 unspecified atom stereocenters. The molecular weight excluding hydrogens is 296 g/mol. The first kappa shape index (κ1) is 14.8. The van der Waals surface area contributed by atoms with Crippen molar-refractivity contribution in [1.29, 1.82) is 0 Å². The molecule has 2 aromatic heterocycles. The molecule has 0 saturated heterocycles. The van der Waals surface area contributed by atoms with Crippen molar-refractivity contribution in [2.45, 2.75) is 13.8 Å². The number of hydrogen-bond donors (Lipinski definition) is 1. The van der Waals surface area contributed by atoms with E-state index in [2.05, 4.69) is 15.4 Å². The Hall–Kier alpha value is -3.09. The van der Waals surface area contributed by atoms with Gasteiger partial charge in [-0.25, -0.2) is 4.98 Å². The van der Waals surface area contributed by atoms with Crippen molar-refractivity contribution < 1.29 is 14.3 Å². The number of methoxy groups -OCH3 is 1. The van der Waals surface area contributed by atoms with Crippen LogP contribution in [0.5, 0.6) is 17.4 Å². The average Bonchev–Trinajstić information content (AvgIpc) is 2.97. The number of ether oxygens (including phenoxy) is 2. The van der Waals surface area contributed by atoms with E-state index in [-0.39, 0.29) is 5.91 Å².